The molecule has 76 valence electrons. The molecule has 0 saturated heterocycles. The zero-order chi connectivity index (χ0) is 10.1. The van der Waals surface area contributed by atoms with E-state index in [1.807, 2.05) is 6.92 Å². The van der Waals surface area contributed by atoms with E-state index in [1.165, 1.54) is 24.8 Å². The van der Waals surface area contributed by atoms with Gasteiger partial charge in [-0.15, -0.1) is 0 Å². The molecule has 1 heterocycles. The minimum absolute atomic E-state index is 0.155. The quantitative estimate of drug-likeness (QED) is 0.778. The van der Waals surface area contributed by atoms with E-state index in [4.69, 9.17) is 5.73 Å². The molecular formula is C12H18N2. The van der Waals surface area contributed by atoms with Crippen LogP contribution >= 0.6 is 0 Å². The first-order valence-electron chi connectivity index (χ1n) is 5.37. The molecule has 1 atom stereocenters. The molecule has 2 heteroatoms. The van der Waals surface area contributed by atoms with Crippen LogP contribution in [0.2, 0.25) is 0 Å². The topological polar surface area (TPSA) is 38.9 Å². The molecule has 0 amide bonds. The van der Waals surface area contributed by atoms with Crippen LogP contribution in [0.3, 0.4) is 0 Å². The molecule has 0 aromatic carbocycles. The molecule has 1 aromatic rings. The first kappa shape index (κ1) is 9.66. The van der Waals surface area contributed by atoms with Crippen molar-refractivity contribution in [1.82, 2.24) is 4.98 Å². The average molecular weight is 190 g/mol. The van der Waals surface area contributed by atoms with Crippen LogP contribution in [0.4, 0.5) is 0 Å². The largest absolute Gasteiger partial charge is 0.322 e. The van der Waals surface area contributed by atoms with Gasteiger partial charge in [-0.25, -0.2) is 0 Å². The summed E-state index contributed by atoms with van der Waals surface area (Å²) in [7, 11) is 0. The minimum Gasteiger partial charge on any atom is -0.322 e. The molecule has 2 rings (SSSR count). The molecule has 1 aliphatic carbocycles. The highest BCUT2D eigenvalue weighted by molar-refractivity contribution is 5.22. The lowest BCUT2D eigenvalue weighted by Crippen LogP contribution is -2.27. The number of nitrogens with two attached hydrogens (primary N) is 1. The molecule has 0 spiro atoms. The molecule has 1 saturated carbocycles. The van der Waals surface area contributed by atoms with Crippen LogP contribution < -0.4 is 5.73 Å². The van der Waals surface area contributed by atoms with Gasteiger partial charge in [0.1, 0.15) is 0 Å². The summed E-state index contributed by atoms with van der Waals surface area (Å²) in [5.74, 6) is 0.670. The number of aryl methyl sites for hydroxylation is 2. The maximum atomic E-state index is 6.18. The standard InChI is InChI=1S/C12H18N2/c1-8-6-9(2)14-11(7-8)12(13)10-4-3-5-10/h6-7,10,12H,3-5,13H2,1-2H3. The van der Waals surface area contributed by atoms with E-state index < -0.39 is 0 Å². The Kier molecular flexibility index (Phi) is 2.55. The highest BCUT2D eigenvalue weighted by atomic mass is 14.8. The van der Waals surface area contributed by atoms with E-state index in [-0.39, 0.29) is 6.04 Å². The van der Waals surface area contributed by atoms with E-state index in [2.05, 4.69) is 24.0 Å². The number of aromatic nitrogens is 1. The Morgan fingerprint density at radius 1 is 1.36 bits per heavy atom. The number of nitrogens with zero attached hydrogens (tertiary/aromatic N) is 1. The maximum Gasteiger partial charge on any atom is 0.0579 e. The van der Waals surface area contributed by atoms with Crippen molar-refractivity contribution in [3.63, 3.8) is 0 Å². The van der Waals surface area contributed by atoms with Gasteiger partial charge in [0.2, 0.25) is 0 Å². The van der Waals surface area contributed by atoms with Crippen LogP contribution in [-0.2, 0) is 0 Å². The van der Waals surface area contributed by atoms with E-state index >= 15 is 0 Å². The lowest BCUT2D eigenvalue weighted by molar-refractivity contribution is 0.261. The summed E-state index contributed by atoms with van der Waals surface area (Å²) in [4.78, 5) is 4.51. The molecule has 2 N–H and O–H groups in total. The Labute approximate surface area is 85.5 Å². The fourth-order valence-electron chi connectivity index (χ4n) is 2.08. The minimum atomic E-state index is 0.155. The Balaban J connectivity index is 2.21. The highest BCUT2D eigenvalue weighted by Crippen LogP contribution is 2.35. The number of hydrogen-bond donors (Lipinski definition) is 1. The van der Waals surface area contributed by atoms with Crippen molar-refractivity contribution < 1.29 is 0 Å². The van der Waals surface area contributed by atoms with Gasteiger partial charge < -0.3 is 5.73 Å². The van der Waals surface area contributed by atoms with Crippen LogP contribution in [0.25, 0.3) is 0 Å². The van der Waals surface area contributed by atoms with Crippen molar-refractivity contribution in [2.24, 2.45) is 11.7 Å². The molecular weight excluding hydrogens is 172 g/mol. The van der Waals surface area contributed by atoms with E-state index in [1.54, 1.807) is 0 Å². The predicted molar refractivity (Wildman–Crippen MR) is 58.0 cm³/mol. The SMILES string of the molecule is Cc1cc(C)nc(C(N)C2CCC2)c1. The summed E-state index contributed by atoms with van der Waals surface area (Å²) in [6.07, 6.45) is 3.88. The van der Waals surface area contributed by atoms with Gasteiger partial charge in [-0.1, -0.05) is 6.42 Å². The lowest BCUT2D eigenvalue weighted by atomic mass is 9.79. The third kappa shape index (κ3) is 1.80. The monoisotopic (exact) mass is 190 g/mol. The first-order valence-corrected chi connectivity index (χ1v) is 5.37. The number of pyridine rings is 1. The van der Waals surface area contributed by atoms with Crippen molar-refractivity contribution in [2.75, 3.05) is 0 Å². The van der Waals surface area contributed by atoms with E-state index in [0.29, 0.717) is 5.92 Å². The summed E-state index contributed by atoms with van der Waals surface area (Å²) < 4.78 is 0. The highest BCUT2D eigenvalue weighted by Gasteiger charge is 2.26. The zero-order valence-corrected chi connectivity index (χ0v) is 8.96. The number of rotatable bonds is 2. The molecule has 1 aliphatic rings. The van der Waals surface area contributed by atoms with Crippen molar-refractivity contribution in [3.8, 4) is 0 Å². The van der Waals surface area contributed by atoms with Gasteiger partial charge in [-0.05, 0) is 50.3 Å². The molecule has 2 nitrogen and oxygen atoms in total. The molecule has 0 radical (unpaired) electrons. The second kappa shape index (κ2) is 3.70. The maximum absolute atomic E-state index is 6.18. The summed E-state index contributed by atoms with van der Waals surface area (Å²) in [5.41, 5.74) is 9.60. The van der Waals surface area contributed by atoms with Crippen LogP contribution in [0.15, 0.2) is 12.1 Å². The Hall–Kier alpha value is -0.890. The molecule has 14 heavy (non-hydrogen) atoms. The molecule has 1 fully saturated rings. The summed E-state index contributed by atoms with van der Waals surface area (Å²) in [6.45, 7) is 4.13. The van der Waals surface area contributed by atoms with Crippen molar-refractivity contribution in [1.29, 1.82) is 0 Å². The van der Waals surface area contributed by atoms with E-state index in [9.17, 15) is 0 Å². The van der Waals surface area contributed by atoms with Crippen molar-refractivity contribution in [2.45, 2.75) is 39.2 Å². The third-order valence-corrected chi connectivity index (χ3v) is 3.12. The number of hydrogen-bond acceptors (Lipinski definition) is 2. The van der Waals surface area contributed by atoms with Gasteiger partial charge in [0.05, 0.1) is 5.69 Å². The average Bonchev–Trinajstić information content (AvgIpc) is 1.98. The summed E-state index contributed by atoms with van der Waals surface area (Å²) in [6, 6.07) is 4.37. The normalized spacial score (nSPS) is 19.1. The van der Waals surface area contributed by atoms with E-state index in [0.717, 1.165) is 11.4 Å². The van der Waals surface area contributed by atoms with Gasteiger partial charge in [0.25, 0.3) is 0 Å². The second-order valence-corrected chi connectivity index (χ2v) is 4.43. The van der Waals surface area contributed by atoms with Gasteiger partial charge in [0.15, 0.2) is 0 Å². The fourth-order valence-corrected chi connectivity index (χ4v) is 2.08. The summed E-state index contributed by atoms with van der Waals surface area (Å²) >= 11 is 0. The summed E-state index contributed by atoms with van der Waals surface area (Å²) in [5, 5.41) is 0. The molecule has 0 bridgehead atoms. The Bertz CT molecular complexity index is 309. The Morgan fingerprint density at radius 3 is 2.57 bits per heavy atom. The van der Waals surface area contributed by atoms with Crippen molar-refractivity contribution >= 4 is 0 Å². The Morgan fingerprint density at radius 2 is 2.07 bits per heavy atom. The lowest BCUT2D eigenvalue weighted by Gasteiger charge is -2.31. The molecule has 1 aromatic heterocycles. The second-order valence-electron chi connectivity index (χ2n) is 4.43. The zero-order valence-electron chi connectivity index (χ0n) is 8.96. The van der Waals surface area contributed by atoms with Crippen LogP contribution in [0.1, 0.15) is 42.3 Å². The van der Waals surface area contributed by atoms with Gasteiger partial charge in [-0.3, -0.25) is 4.98 Å². The first-order chi connectivity index (χ1) is 6.66. The van der Waals surface area contributed by atoms with Crippen molar-refractivity contribution in [3.05, 3.63) is 29.1 Å². The van der Waals surface area contributed by atoms with Gasteiger partial charge in [-0.2, -0.15) is 0 Å². The van der Waals surface area contributed by atoms with Gasteiger partial charge >= 0.3 is 0 Å². The molecule has 1 unspecified atom stereocenters. The smallest absolute Gasteiger partial charge is 0.0579 e. The van der Waals surface area contributed by atoms with Crippen LogP contribution in [0, 0.1) is 19.8 Å². The van der Waals surface area contributed by atoms with Crippen LogP contribution in [0.5, 0.6) is 0 Å². The third-order valence-electron chi connectivity index (χ3n) is 3.12. The van der Waals surface area contributed by atoms with Crippen LogP contribution in [-0.4, -0.2) is 4.98 Å². The predicted octanol–water partition coefficient (Wildman–Crippen LogP) is 2.50. The fraction of sp³-hybridized carbons (Fsp3) is 0.583. The molecule has 0 aliphatic heterocycles. The van der Waals surface area contributed by atoms with Gasteiger partial charge in [0, 0.05) is 11.7 Å².